The van der Waals surface area contributed by atoms with E-state index in [4.69, 9.17) is 0 Å². The summed E-state index contributed by atoms with van der Waals surface area (Å²) >= 11 is 0. The molecule has 0 N–H and O–H groups in total. The van der Waals surface area contributed by atoms with Crippen LogP contribution in [0.25, 0.3) is 0 Å². The summed E-state index contributed by atoms with van der Waals surface area (Å²) in [7, 11) is 0. The lowest BCUT2D eigenvalue weighted by molar-refractivity contribution is 0.0631. The normalized spacial score (nSPS) is 17.9. The molecule has 1 aromatic heterocycles. The maximum Gasteiger partial charge on any atom is 0.345 e. The lowest BCUT2D eigenvalue weighted by atomic mass is 10.2. The molecule has 0 radical (unpaired) electrons. The van der Waals surface area contributed by atoms with Crippen LogP contribution in [0.15, 0.2) is 35.1 Å². The maximum atomic E-state index is 12.5. The SMILES string of the molecule is O=C(c1ccccc1)N1CCN(CCn2nc3n(c2=O)CCCC3)CC1. The van der Waals surface area contributed by atoms with Crippen molar-refractivity contribution in [2.75, 3.05) is 32.7 Å². The van der Waals surface area contributed by atoms with Crippen molar-refractivity contribution >= 4 is 5.91 Å². The van der Waals surface area contributed by atoms with Gasteiger partial charge in [0.15, 0.2) is 0 Å². The first-order valence-corrected chi connectivity index (χ1v) is 9.45. The second-order valence-corrected chi connectivity index (χ2v) is 7.03. The fraction of sp³-hybridized carbons (Fsp3) is 0.526. The Bertz CT molecular complexity index is 818. The summed E-state index contributed by atoms with van der Waals surface area (Å²) in [5.41, 5.74) is 0.772. The summed E-state index contributed by atoms with van der Waals surface area (Å²) in [6, 6.07) is 9.44. The third-order valence-electron chi connectivity index (χ3n) is 5.34. The van der Waals surface area contributed by atoms with E-state index in [0.29, 0.717) is 6.54 Å². The molecule has 0 atom stereocenters. The van der Waals surface area contributed by atoms with Crippen molar-refractivity contribution in [3.8, 4) is 0 Å². The highest BCUT2D eigenvalue weighted by Gasteiger charge is 2.22. The van der Waals surface area contributed by atoms with Crippen molar-refractivity contribution in [1.82, 2.24) is 24.1 Å². The number of aromatic nitrogens is 3. The minimum Gasteiger partial charge on any atom is -0.336 e. The molecule has 2 aliphatic heterocycles. The number of amides is 1. The van der Waals surface area contributed by atoms with Crippen molar-refractivity contribution in [3.05, 3.63) is 52.2 Å². The predicted molar refractivity (Wildman–Crippen MR) is 98.2 cm³/mol. The van der Waals surface area contributed by atoms with Gasteiger partial charge in [0.1, 0.15) is 5.82 Å². The van der Waals surface area contributed by atoms with Crippen LogP contribution < -0.4 is 5.69 Å². The van der Waals surface area contributed by atoms with E-state index in [2.05, 4.69) is 10.00 Å². The van der Waals surface area contributed by atoms with Gasteiger partial charge in [-0.2, -0.15) is 5.10 Å². The number of nitrogens with zero attached hydrogens (tertiary/aromatic N) is 5. The molecular formula is C19H25N5O2. The van der Waals surface area contributed by atoms with Crippen LogP contribution in [0, 0.1) is 0 Å². The number of rotatable bonds is 4. The summed E-state index contributed by atoms with van der Waals surface area (Å²) in [4.78, 5) is 29.1. The van der Waals surface area contributed by atoms with Gasteiger partial charge >= 0.3 is 5.69 Å². The average molecular weight is 355 g/mol. The van der Waals surface area contributed by atoms with Crippen LogP contribution in [0.5, 0.6) is 0 Å². The van der Waals surface area contributed by atoms with E-state index in [1.165, 1.54) is 0 Å². The summed E-state index contributed by atoms with van der Waals surface area (Å²) in [6.45, 7) is 5.33. The summed E-state index contributed by atoms with van der Waals surface area (Å²) < 4.78 is 3.43. The van der Waals surface area contributed by atoms with Gasteiger partial charge in [-0.15, -0.1) is 0 Å². The molecule has 0 bridgehead atoms. The van der Waals surface area contributed by atoms with Gasteiger partial charge in [-0.3, -0.25) is 14.3 Å². The Morgan fingerprint density at radius 3 is 2.46 bits per heavy atom. The number of hydrogen-bond acceptors (Lipinski definition) is 4. The van der Waals surface area contributed by atoms with Gasteiger partial charge in [-0.05, 0) is 25.0 Å². The van der Waals surface area contributed by atoms with Crippen molar-refractivity contribution < 1.29 is 4.79 Å². The monoisotopic (exact) mass is 355 g/mol. The molecule has 138 valence electrons. The molecule has 3 heterocycles. The molecule has 0 unspecified atom stereocenters. The number of benzene rings is 1. The number of piperazine rings is 1. The average Bonchev–Trinajstić information content (AvgIpc) is 3.03. The lowest BCUT2D eigenvalue weighted by Gasteiger charge is -2.34. The van der Waals surface area contributed by atoms with Gasteiger partial charge in [-0.1, -0.05) is 18.2 Å². The van der Waals surface area contributed by atoms with Gasteiger partial charge in [-0.25, -0.2) is 9.48 Å². The molecule has 1 fully saturated rings. The van der Waals surface area contributed by atoms with Crippen LogP contribution in [-0.2, 0) is 19.5 Å². The molecule has 1 saturated heterocycles. The van der Waals surface area contributed by atoms with E-state index in [1.54, 1.807) is 4.68 Å². The molecule has 2 aliphatic rings. The summed E-state index contributed by atoms with van der Waals surface area (Å²) in [5, 5.41) is 4.49. The molecule has 1 amide bonds. The zero-order valence-electron chi connectivity index (χ0n) is 15.0. The Hall–Kier alpha value is -2.41. The third kappa shape index (κ3) is 3.44. The van der Waals surface area contributed by atoms with Crippen LogP contribution in [0.3, 0.4) is 0 Å². The topological polar surface area (TPSA) is 63.4 Å². The zero-order valence-corrected chi connectivity index (χ0v) is 15.0. The maximum absolute atomic E-state index is 12.5. The summed E-state index contributed by atoms with van der Waals surface area (Å²) in [5.74, 6) is 1.03. The molecule has 4 rings (SSSR count). The Kier molecular flexibility index (Phi) is 4.88. The van der Waals surface area contributed by atoms with Gasteiger partial charge < -0.3 is 4.90 Å². The first-order valence-electron chi connectivity index (χ1n) is 9.45. The highest BCUT2D eigenvalue weighted by atomic mass is 16.2. The molecule has 0 saturated carbocycles. The van der Waals surface area contributed by atoms with Gasteiger partial charge in [0.05, 0.1) is 6.54 Å². The molecule has 2 aromatic rings. The van der Waals surface area contributed by atoms with E-state index in [-0.39, 0.29) is 11.6 Å². The number of carbonyl (C=O) groups is 1. The smallest absolute Gasteiger partial charge is 0.336 e. The standard InChI is InChI=1S/C19H25N5O2/c25-18(16-6-2-1-3-7-16)22-13-10-21(11-14-22)12-15-24-19(26)23-9-5-4-8-17(23)20-24/h1-3,6-7H,4-5,8-15H2. The Labute approximate surface area is 152 Å². The molecule has 26 heavy (non-hydrogen) atoms. The van der Waals surface area contributed by atoms with Crippen molar-refractivity contribution in [3.63, 3.8) is 0 Å². The molecule has 7 heteroatoms. The molecule has 0 aliphatic carbocycles. The molecular weight excluding hydrogens is 330 g/mol. The number of carbonyl (C=O) groups excluding carboxylic acids is 1. The molecule has 7 nitrogen and oxygen atoms in total. The first kappa shape index (κ1) is 17.0. The second kappa shape index (κ2) is 7.45. The predicted octanol–water partition coefficient (Wildman–Crippen LogP) is 0.839. The lowest BCUT2D eigenvalue weighted by Crippen LogP contribution is -2.49. The fourth-order valence-corrected chi connectivity index (χ4v) is 3.77. The van der Waals surface area contributed by atoms with Crippen LogP contribution >= 0.6 is 0 Å². The summed E-state index contributed by atoms with van der Waals surface area (Å²) in [6.07, 6.45) is 3.09. The largest absolute Gasteiger partial charge is 0.345 e. The third-order valence-corrected chi connectivity index (χ3v) is 5.34. The minimum atomic E-state index is 0.0255. The van der Waals surface area contributed by atoms with E-state index in [9.17, 15) is 9.59 Å². The Morgan fingerprint density at radius 1 is 0.962 bits per heavy atom. The number of aryl methyl sites for hydroxylation is 1. The van der Waals surface area contributed by atoms with E-state index in [1.807, 2.05) is 39.8 Å². The minimum absolute atomic E-state index is 0.0255. The Balaban J connectivity index is 1.30. The van der Waals surface area contributed by atoms with Crippen LogP contribution in [0.2, 0.25) is 0 Å². The van der Waals surface area contributed by atoms with E-state index < -0.39 is 0 Å². The zero-order chi connectivity index (χ0) is 17.9. The van der Waals surface area contributed by atoms with Crippen molar-refractivity contribution in [1.29, 1.82) is 0 Å². The van der Waals surface area contributed by atoms with Gasteiger partial charge in [0.25, 0.3) is 5.91 Å². The molecule has 1 aromatic carbocycles. The van der Waals surface area contributed by atoms with Gasteiger partial charge in [0, 0.05) is 51.3 Å². The number of hydrogen-bond donors (Lipinski definition) is 0. The van der Waals surface area contributed by atoms with Gasteiger partial charge in [0.2, 0.25) is 0 Å². The van der Waals surface area contributed by atoms with Crippen molar-refractivity contribution in [2.24, 2.45) is 0 Å². The number of fused-ring (bicyclic) bond motifs is 1. The van der Waals surface area contributed by atoms with Crippen LogP contribution in [0.4, 0.5) is 0 Å². The second-order valence-electron chi connectivity index (χ2n) is 7.03. The van der Waals surface area contributed by atoms with Crippen LogP contribution in [0.1, 0.15) is 29.0 Å². The van der Waals surface area contributed by atoms with Crippen molar-refractivity contribution in [2.45, 2.75) is 32.4 Å². The van der Waals surface area contributed by atoms with E-state index >= 15 is 0 Å². The fourth-order valence-electron chi connectivity index (χ4n) is 3.77. The highest BCUT2D eigenvalue weighted by molar-refractivity contribution is 5.94. The van der Waals surface area contributed by atoms with E-state index in [0.717, 1.165) is 69.9 Å². The first-order chi connectivity index (χ1) is 12.7. The van der Waals surface area contributed by atoms with Crippen LogP contribution in [-0.4, -0.2) is 62.8 Å². The quantitative estimate of drug-likeness (QED) is 0.815. The Morgan fingerprint density at radius 2 is 1.73 bits per heavy atom. The molecule has 0 spiro atoms. The highest BCUT2D eigenvalue weighted by Crippen LogP contribution is 2.10.